The van der Waals surface area contributed by atoms with Gasteiger partial charge in [0.15, 0.2) is 0 Å². The second kappa shape index (κ2) is 4.75. The first-order valence-corrected chi connectivity index (χ1v) is 5.30. The molecule has 1 rings (SSSR count). The second-order valence-electron chi connectivity index (χ2n) is 4.09. The molecule has 1 heterocycles. The summed E-state index contributed by atoms with van der Waals surface area (Å²) in [4.78, 5) is 13.5. The standard InChI is InChI=1S/C10H20N2O2/c1-3-9(11)10(14)12-6-8(13)5-4-7(12)2/h7-9,13H,3-6,11H2,1-2H3/t7?,8?,9-/m0/s1. The molecule has 4 nitrogen and oxygen atoms in total. The predicted octanol–water partition coefficient (Wildman–Crippen LogP) is 0.0955. The second-order valence-corrected chi connectivity index (χ2v) is 4.09. The highest BCUT2D eigenvalue weighted by molar-refractivity contribution is 5.82. The fourth-order valence-corrected chi connectivity index (χ4v) is 1.78. The number of nitrogens with two attached hydrogens (primary N) is 1. The minimum Gasteiger partial charge on any atom is -0.391 e. The predicted molar refractivity (Wildman–Crippen MR) is 54.7 cm³/mol. The molecule has 2 unspecified atom stereocenters. The van der Waals surface area contributed by atoms with Gasteiger partial charge < -0.3 is 15.7 Å². The first-order valence-electron chi connectivity index (χ1n) is 5.30. The van der Waals surface area contributed by atoms with Crippen LogP contribution >= 0.6 is 0 Å². The maximum absolute atomic E-state index is 11.8. The number of aliphatic hydroxyl groups is 1. The van der Waals surface area contributed by atoms with Crippen LogP contribution in [-0.4, -0.2) is 40.6 Å². The molecular weight excluding hydrogens is 180 g/mol. The Morgan fingerprint density at radius 3 is 2.86 bits per heavy atom. The largest absolute Gasteiger partial charge is 0.391 e. The first-order chi connectivity index (χ1) is 6.56. The number of nitrogens with zero attached hydrogens (tertiary/aromatic N) is 1. The fourth-order valence-electron chi connectivity index (χ4n) is 1.78. The molecule has 1 aliphatic rings. The molecule has 0 bridgehead atoms. The topological polar surface area (TPSA) is 66.6 Å². The highest BCUT2D eigenvalue weighted by Gasteiger charge is 2.29. The first kappa shape index (κ1) is 11.5. The minimum atomic E-state index is -0.414. The number of hydrogen-bond acceptors (Lipinski definition) is 3. The zero-order chi connectivity index (χ0) is 10.7. The number of rotatable bonds is 2. The SMILES string of the molecule is CC[C@H](N)C(=O)N1CC(O)CCC1C. The monoisotopic (exact) mass is 200 g/mol. The Morgan fingerprint density at radius 2 is 2.29 bits per heavy atom. The fraction of sp³-hybridized carbons (Fsp3) is 0.900. The number of carbonyl (C=O) groups is 1. The molecule has 0 aliphatic carbocycles. The van der Waals surface area contributed by atoms with E-state index in [1.54, 1.807) is 4.90 Å². The van der Waals surface area contributed by atoms with E-state index in [-0.39, 0.29) is 18.1 Å². The Labute approximate surface area is 85.1 Å². The van der Waals surface area contributed by atoms with Crippen molar-refractivity contribution in [1.29, 1.82) is 0 Å². The van der Waals surface area contributed by atoms with Crippen LogP contribution in [0.4, 0.5) is 0 Å². The van der Waals surface area contributed by atoms with Crippen LogP contribution in [0.2, 0.25) is 0 Å². The van der Waals surface area contributed by atoms with Crippen molar-refractivity contribution in [3.05, 3.63) is 0 Å². The van der Waals surface area contributed by atoms with E-state index in [0.717, 1.165) is 12.8 Å². The Bertz CT molecular complexity index is 208. The van der Waals surface area contributed by atoms with E-state index >= 15 is 0 Å². The Hall–Kier alpha value is -0.610. The van der Waals surface area contributed by atoms with Crippen molar-refractivity contribution in [2.75, 3.05) is 6.54 Å². The third kappa shape index (κ3) is 2.45. The van der Waals surface area contributed by atoms with Crippen molar-refractivity contribution in [2.24, 2.45) is 5.73 Å². The lowest BCUT2D eigenvalue weighted by Crippen LogP contribution is -2.52. The number of likely N-dealkylation sites (tertiary alicyclic amines) is 1. The molecule has 14 heavy (non-hydrogen) atoms. The number of amides is 1. The number of aliphatic hydroxyl groups excluding tert-OH is 1. The lowest BCUT2D eigenvalue weighted by molar-refractivity contribution is -0.138. The molecule has 3 N–H and O–H groups in total. The molecule has 1 amide bonds. The lowest BCUT2D eigenvalue weighted by Gasteiger charge is -2.37. The van der Waals surface area contributed by atoms with Crippen LogP contribution in [0.25, 0.3) is 0 Å². The van der Waals surface area contributed by atoms with Crippen LogP contribution in [0, 0.1) is 0 Å². The van der Waals surface area contributed by atoms with Crippen molar-refractivity contribution < 1.29 is 9.90 Å². The van der Waals surface area contributed by atoms with Crippen molar-refractivity contribution in [3.8, 4) is 0 Å². The molecule has 4 heteroatoms. The van der Waals surface area contributed by atoms with Gasteiger partial charge in [-0.3, -0.25) is 4.79 Å². The summed E-state index contributed by atoms with van der Waals surface area (Å²) in [5.74, 6) is -0.0289. The molecule has 1 fully saturated rings. The van der Waals surface area contributed by atoms with Gasteiger partial charge in [0, 0.05) is 12.6 Å². The van der Waals surface area contributed by atoms with Gasteiger partial charge >= 0.3 is 0 Å². The molecule has 1 aliphatic heterocycles. The molecule has 82 valence electrons. The highest BCUT2D eigenvalue weighted by atomic mass is 16.3. The van der Waals surface area contributed by atoms with E-state index in [4.69, 9.17) is 5.73 Å². The summed E-state index contributed by atoms with van der Waals surface area (Å²) in [5.41, 5.74) is 5.68. The van der Waals surface area contributed by atoms with Crippen LogP contribution in [0.5, 0.6) is 0 Å². The summed E-state index contributed by atoms with van der Waals surface area (Å²) in [6.07, 6.45) is 1.92. The quantitative estimate of drug-likeness (QED) is 0.664. The third-order valence-corrected chi connectivity index (χ3v) is 2.90. The molecule has 0 radical (unpaired) electrons. The summed E-state index contributed by atoms with van der Waals surface area (Å²) in [6.45, 7) is 4.34. The third-order valence-electron chi connectivity index (χ3n) is 2.90. The van der Waals surface area contributed by atoms with Gasteiger partial charge in [0.05, 0.1) is 12.1 Å². The number of hydrogen-bond donors (Lipinski definition) is 2. The average Bonchev–Trinajstić information content (AvgIpc) is 2.19. The normalized spacial score (nSPS) is 30.1. The number of β-amino-alcohol motifs (C(OH)–C–C–N with tert-alkyl or cyclic N) is 1. The van der Waals surface area contributed by atoms with Crippen LogP contribution < -0.4 is 5.73 Å². The van der Waals surface area contributed by atoms with E-state index in [1.807, 2.05) is 13.8 Å². The summed E-state index contributed by atoms with van der Waals surface area (Å²) < 4.78 is 0. The van der Waals surface area contributed by atoms with Crippen LogP contribution in [0.1, 0.15) is 33.1 Å². The van der Waals surface area contributed by atoms with Gasteiger partial charge in [0.1, 0.15) is 0 Å². The summed E-state index contributed by atoms with van der Waals surface area (Å²) >= 11 is 0. The zero-order valence-electron chi connectivity index (χ0n) is 8.94. The van der Waals surface area contributed by atoms with Gasteiger partial charge in [0.25, 0.3) is 0 Å². The smallest absolute Gasteiger partial charge is 0.239 e. The number of piperidine rings is 1. The lowest BCUT2D eigenvalue weighted by atomic mass is 10.00. The van der Waals surface area contributed by atoms with Gasteiger partial charge in [-0.15, -0.1) is 0 Å². The van der Waals surface area contributed by atoms with Gasteiger partial charge in [-0.05, 0) is 26.2 Å². The molecule has 0 spiro atoms. The molecule has 3 atom stereocenters. The molecule has 0 aromatic rings. The van der Waals surface area contributed by atoms with E-state index in [2.05, 4.69) is 0 Å². The zero-order valence-corrected chi connectivity index (χ0v) is 8.94. The van der Waals surface area contributed by atoms with Gasteiger partial charge in [0.2, 0.25) is 5.91 Å². The summed E-state index contributed by atoms with van der Waals surface area (Å²) in [6, 6.07) is -0.203. The molecule has 0 saturated carbocycles. The van der Waals surface area contributed by atoms with Crippen LogP contribution in [0.15, 0.2) is 0 Å². The van der Waals surface area contributed by atoms with Gasteiger partial charge in [-0.1, -0.05) is 6.92 Å². The van der Waals surface area contributed by atoms with Gasteiger partial charge in [-0.2, -0.15) is 0 Å². The summed E-state index contributed by atoms with van der Waals surface area (Å²) in [7, 11) is 0. The van der Waals surface area contributed by atoms with E-state index in [1.165, 1.54) is 0 Å². The molecule has 1 saturated heterocycles. The molecular formula is C10H20N2O2. The van der Waals surface area contributed by atoms with Crippen molar-refractivity contribution in [3.63, 3.8) is 0 Å². The van der Waals surface area contributed by atoms with Crippen molar-refractivity contribution in [1.82, 2.24) is 4.90 Å². The van der Waals surface area contributed by atoms with E-state index < -0.39 is 6.04 Å². The minimum absolute atomic E-state index is 0.0289. The Kier molecular flexibility index (Phi) is 3.89. The van der Waals surface area contributed by atoms with E-state index in [9.17, 15) is 9.90 Å². The van der Waals surface area contributed by atoms with Crippen LogP contribution in [-0.2, 0) is 4.79 Å². The maximum Gasteiger partial charge on any atom is 0.239 e. The Balaban J connectivity index is 2.60. The average molecular weight is 200 g/mol. The van der Waals surface area contributed by atoms with Crippen molar-refractivity contribution >= 4 is 5.91 Å². The van der Waals surface area contributed by atoms with Crippen molar-refractivity contribution in [2.45, 2.75) is 51.3 Å². The molecule has 0 aromatic carbocycles. The summed E-state index contributed by atoms with van der Waals surface area (Å²) in [5, 5.41) is 9.47. The van der Waals surface area contributed by atoms with Crippen LogP contribution in [0.3, 0.4) is 0 Å². The maximum atomic E-state index is 11.8. The van der Waals surface area contributed by atoms with E-state index in [0.29, 0.717) is 13.0 Å². The van der Waals surface area contributed by atoms with Gasteiger partial charge in [-0.25, -0.2) is 0 Å². The number of carbonyl (C=O) groups excluding carboxylic acids is 1. The molecule has 0 aromatic heterocycles. The Morgan fingerprint density at radius 1 is 1.64 bits per heavy atom. The highest BCUT2D eigenvalue weighted by Crippen LogP contribution is 2.17.